The van der Waals surface area contributed by atoms with Crippen molar-refractivity contribution < 1.29 is 9.72 Å². The Kier molecular flexibility index (Phi) is 6.44. The molecule has 1 amide bonds. The molecule has 1 heterocycles. The number of nitrogens with one attached hydrogen (secondary N) is 1. The fourth-order valence-corrected chi connectivity index (χ4v) is 3.45. The number of nitriles is 1. The van der Waals surface area contributed by atoms with E-state index in [1.54, 1.807) is 12.1 Å². The van der Waals surface area contributed by atoms with E-state index in [0.717, 1.165) is 17.1 Å². The number of hydrogen-bond donors (Lipinski definition) is 1. The van der Waals surface area contributed by atoms with E-state index in [2.05, 4.69) is 5.32 Å². The van der Waals surface area contributed by atoms with Crippen molar-refractivity contribution in [3.8, 4) is 11.8 Å². The van der Waals surface area contributed by atoms with Crippen molar-refractivity contribution in [2.24, 2.45) is 0 Å². The fourth-order valence-electron chi connectivity index (χ4n) is 3.15. The zero-order valence-corrected chi connectivity index (χ0v) is 18.0. The highest BCUT2D eigenvalue weighted by Crippen LogP contribution is 2.28. The average molecular weight is 455 g/mol. The number of rotatable bonds is 5. The molecule has 3 aromatic rings. The number of hydrogen-bond acceptors (Lipinski definition) is 4. The molecule has 0 fully saturated rings. The van der Waals surface area contributed by atoms with Crippen LogP contribution in [0.3, 0.4) is 0 Å². The molecular formula is C22H16Cl2N4O3. The molecule has 0 aliphatic carbocycles. The van der Waals surface area contributed by atoms with Gasteiger partial charge in [-0.15, -0.1) is 0 Å². The molecule has 0 aliphatic rings. The number of non-ortho nitro benzene ring substituents is 1. The second-order valence-corrected chi connectivity index (χ2v) is 7.51. The Hall–Kier alpha value is -3.60. The summed E-state index contributed by atoms with van der Waals surface area (Å²) in [5.74, 6) is -0.665. The number of carbonyl (C=O) groups is 1. The number of nitro benzene ring substituents is 1. The van der Waals surface area contributed by atoms with Gasteiger partial charge in [0.1, 0.15) is 11.6 Å². The first-order chi connectivity index (χ1) is 14.7. The second-order valence-electron chi connectivity index (χ2n) is 6.69. The van der Waals surface area contributed by atoms with Gasteiger partial charge in [-0.1, -0.05) is 29.3 Å². The lowest BCUT2D eigenvalue weighted by Crippen LogP contribution is -2.13. The summed E-state index contributed by atoms with van der Waals surface area (Å²) in [4.78, 5) is 22.9. The van der Waals surface area contributed by atoms with Gasteiger partial charge in [0, 0.05) is 34.9 Å². The summed E-state index contributed by atoms with van der Waals surface area (Å²) in [5, 5.41) is 23.8. The van der Waals surface area contributed by atoms with E-state index in [1.165, 1.54) is 30.3 Å². The Morgan fingerprint density at radius 3 is 2.55 bits per heavy atom. The first kappa shape index (κ1) is 22.1. The van der Waals surface area contributed by atoms with E-state index in [-0.39, 0.29) is 16.9 Å². The van der Waals surface area contributed by atoms with Gasteiger partial charge in [-0.3, -0.25) is 14.9 Å². The molecule has 2 aromatic carbocycles. The Morgan fingerprint density at radius 1 is 1.16 bits per heavy atom. The Balaban J connectivity index is 1.93. The normalized spacial score (nSPS) is 11.1. The molecule has 1 N–H and O–H groups in total. The minimum Gasteiger partial charge on any atom is -0.321 e. The molecule has 0 spiro atoms. The molecule has 0 saturated heterocycles. The highest BCUT2D eigenvalue weighted by Gasteiger charge is 2.15. The van der Waals surface area contributed by atoms with Crippen LogP contribution >= 0.6 is 23.2 Å². The maximum Gasteiger partial charge on any atom is 0.271 e. The van der Waals surface area contributed by atoms with Crippen molar-refractivity contribution in [1.82, 2.24) is 4.57 Å². The van der Waals surface area contributed by atoms with Crippen molar-refractivity contribution in [3.63, 3.8) is 0 Å². The zero-order chi connectivity index (χ0) is 22.7. The van der Waals surface area contributed by atoms with Crippen molar-refractivity contribution in [2.75, 3.05) is 5.32 Å². The third-order valence-electron chi connectivity index (χ3n) is 4.61. The largest absolute Gasteiger partial charge is 0.321 e. The Bertz CT molecular complexity index is 1270. The molecule has 1 aromatic heterocycles. The predicted octanol–water partition coefficient (Wildman–Crippen LogP) is 5.85. The lowest BCUT2D eigenvalue weighted by atomic mass is 10.1. The number of nitro groups is 1. The van der Waals surface area contributed by atoms with E-state index in [0.29, 0.717) is 15.6 Å². The highest BCUT2D eigenvalue weighted by molar-refractivity contribution is 6.42. The number of nitrogens with zero attached hydrogens (tertiary/aromatic N) is 3. The molecule has 0 atom stereocenters. The lowest BCUT2D eigenvalue weighted by Gasteiger charge is -2.10. The number of benzene rings is 2. The van der Waals surface area contributed by atoms with Gasteiger partial charge >= 0.3 is 0 Å². The standard InChI is InChI=1S/C22H16Cl2N4O3/c1-13-8-15(14(2)27(13)18-6-7-20(23)21(24)11-18)9-16(12-25)22(29)26-17-4-3-5-19(10-17)28(30)31/h3-11H,1-2H3,(H,26,29)/b16-9+. The molecular weight excluding hydrogens is 439 g/mol. The first-order valence-corrected chi connectivity index (χ1v) is 9.79. The molecule has 156 valence electrons. The van der Waals surface area contributed by atoms with Crippen LogP contribution in [0.4, 0.5) is 11.4 Å². The third kappa shape index (κ3) is 4.77. The van der Waals surface area contributed by atoms with Crippen molar-refractivity contribution in [2.45, 2.75) is 13.8 Å². The molecule has 0 aliphatic heterocycles. The lowest BCUT2D eigenvalue weighted by molar-refractivity contribution is -0.384. The van der Waals surface area contributed by atoms with Crippen LogP contribution in [0.25, 0.3) is 11.8 Å². The smallest absolute Gasteiger partial charge is 0.271 e. The molecule has 0 unspecified atom stereocenters. The zero-order valence-electron chi connectivity index (χ0n) is 16.5. The predicted molar refractivity (Wildman–Crippen MR) is 121 cm³/mol. The quantitative estimate of drug-likeness (QED) is 0.226. The summed E-state index contributed by atoms with van der Waals surface area (Å²) >= 11 is 12.1. The monoisotopic (exact) mass is 454 g/mol. The summed E-state index contributed by atoms with van der Waals surface area (Å²) in [5.41, 5.74) is 3.07. The molecule has 0 radical (unpaired) electrons. The van der Waals surface area contributed by atoms with E-state index in [4.69, 9.17) is 23.2 Å². The van der Waals surface area contributed by atoms with Gasteiger partial charge in [0.05, 0.1) is 15.0 Å². The fraction of sp³-hybridized carbons (Fsp3) is 0.0909. The van der Waals surface area contributed by atoms with Crippen molar-refractivity contribution in [1.29, 1.82) is 5.26 Å². The van der Waals surface area contributed by atoms with Gasteiger partial charge in [0.25, 0.3) is 11.6 Å². The van der Waals surface area contributed by atoms with Gasteiger partial charge in [-0.05, 0) is 55.8 Å². The van der Waals surface area contributed by atoms with Gasteiger partial charge in [-0.25, -0.2) is 0 Å². The molecule has 0 saturated carbocycles. The van der Waals surface area contributed by atoms with Crippen LogP contribution in [0.2, 0.25) is 10.0 Å². The van der Waals surface area contributed by atoms with E-state index >= 15 is 0 Å². The van der Waals surface area contributed by atoms with E-state index in [9.17, 15) is 20.2 Å². The van der Waals surface area contributed by atoms with Crippen molar-refractivity contribution >= 4 is 46.6 Å². The van der Waals surface area contributed by atoms with E-state index in [1.807, 2.05) is 36.6 Å². The van der Waals surface area contributed by atoms with Crippen LogP contribution in [-0.2, 0) is 4.79 Å². The van der Waals surface area contributed by atoms with Crippen LogP contribution in [0, 0.1) is 35.3 Å². The number of aryl methyl sites for hydroxylation is 1. The SMILES string of the molecule is Cc1cc(/C=C(\C#N)C(=O)Nc2cccc([N+](=O)[O-])c2)c(C)n1-c1ccc(Cl)c(Cl)c1. The average Bonchev–Trinajstić information content (AvgIpc) is 3.01. The summed E-state index contributed by atoms with van der Waals surface area (Å²) < 4.78 is 1.93. The minimum absolute atomic E-state index is 0.138. The maximum atomic E-state index is 12.6. The molecule has 7 nitrogen and oxygen atoms in total. The molecule has 9 heteroatoms. The summed E-state index contributed by atoms with van der Waals surface area (Å²) in [6, 6.07) is 14.5. The number of halogens is 2. The molecule has 31 heavy (non-hydrogen) atoms. The van der Waals surface area contributed by atoms with Crippen LogP contribution in [0.15, 0.2) is 54.1 Å². The number of carbonyl (C=O) groups excluding carboxylic acids is 1. The summed E-state index contributed by atoms with van der Waals surface area (Å²) in [7, 11) is 0. The van der Waals surface area contributed by atoms with Crippen LogP contribution in [0.1, 0.15) is 17.0 Å². The summed E-state index contributed by atoms with van der Waals surface area (Å²) in [6.45, 7) is 3.75. The Morgan fingerprint density at radius 2 is 1.90 bits per heavy atom. The number of anilines is 1. The highest BCUT2D eigenvalue weighted by atomic mass is 35.5. The number of aromatic nitrogens is 1. The molecule has 0 bridgehead atoms. The van der Waals surface area contributed by atoms with Crippen LogP contribution in [0.5, 0.6) is 0 Å². The van der Waals surface area contributed by atoms with Gasteiger partial charge < -0.3 is 9.88 Å². The minimum atomic E-state index is -0.665. The van der Waals surface area contributed by atoms with Gasteiger partial charge in [0.15, 0.2) is 0 Å². The topological polar surface area (TPSA) is 101 Å². The van der Waals surface area contributed by atoms with Crippen LogP contribution in [-0.4, -0.2) is 15.4 Å². The van der Waals surface area contributed by atoms with Gasteiger partial charge in [-0.2, -0.15) is 5.26 Å². The first-order valence-electron chi connectivity index (χ1n) is 9.03. The summed E-state index contributed by atoms with van der Waals surface area (Å²) in [6.07, 6.45) is 1.48. The maximum absolute atomic E-state index is 12.6. The van der Waals surface area contributed by atoms with Crippen LogP contribution < -0.4 is 5.32 Å². The third-order valence-corrected chi connectivity index (χ3v) is 5.35. The molecule has 3 rings (SSSR count). The van der Waals surface area contributed by atoms with Crippen molar-refractivity contribution in [3.05, 3.63) is 91.2 Å². The number of amides is 1. The Labute approximate surface area is 188 Å². The second kappa shape index (κ2) is 9.04. The van der Waals surface area contributed by atoms with E-state index < -0.39 is 10.8 Å². The van der Waals surface area contributed by atoms with Gasteiger partial charge in [0.2, 0.25) is 0 Å².